The SMILES string of the molecule is CCCC(C)COC(c1cc(Br)cs1)C(C)N. The molecule has 0 aromatic carbocycles. The van der Waals surface area contributed by atoms with Crippen molar-refractivity contribution in [1.29, 1.82) is 0 Å². The summed E-state index contributed by atoms with van der Waals surface area (Å²) in [5.74, 6) is 0.602. The lowest BCUT2D eigenvalue weighted by Crippen LogP contribution is -2.27. The van der Waals surface area contributed by atoms with Gasteiger partial charge in [0.2, 0.25) is 0 Å². The second-order valence-electron chi connectivity index (χ2n) is 4.67. The summed E-state index contributed by atoms with van der Waals surface area (Å²) in [6.45, 7) is 7.22. The van der Waals surface area contributed by atoms with Crippen molar-refractivity contribution >= 4 is 27.3 Å². The fourth-order valence-corrected chi connectivity index (χ4v) is 3.42. The predicted octanol–water partition coefficient (Wildman–Crippen LogP) is 4.35. The van der Waals surface area contributed by atoms with E-state index >= 15 is 0 Å². The van der Waals surface area contributed by atoms with Crippen LogP contribution in [0, 0.1) is 5.92 Å². The van der Waals surface area contributed by atoms with Gasteiger partial charge in [0.05, 0.1) is 6.61 Å². The maximum absolute atomic E-state index is 6.00. The molecule has 0 radical (unpaired) electrons. The van der Waals surface area contributed by atoms with Crippen LogP contribution < -0.4 is 5.73 Å². The molecule has 98 valence electrons. The third kappa shape index (κ3) is 5.08. The Morgan fingerprint density at radius 2 is 2.18 bits per heavy atom. The van der Waals surface area contributed by atoms with Gasteiger partial charge in [-0.2, -0.15) is 0 Å². The van der Waals surface area contributed by atoms with Crippen molar-refractivity contribution in [3.05, 3.63) is 20.8 Å². The van der Waals surface area contributed by atoms with E-state index < -0.39 is 0 Å². The van der Waals surface area contributed by atoms with E-state index in [2.05, 4.69) is 41.2 Å². The molecule has 3 unspecified atom stereocenters. The van der Waals surface area contributed by atoms with Gasteiger partial charge in [0.15, 0.2) is 0 Å². The summed E-state index contributed by atoms with van der Waals surface area (Å²) >= 11 is 5.17. The van der Waals surface area contributed by atoms with Gasteiger partial charge in [-0.3, -0.25) is 0 Å². The van der Waals surface area contributed by atoms with Crippen LogP contribution in [0.4, 0.5) is 0 Å². The Morgan fingerprint density at radius 1 is 1.47 bits per heavy atom. The lowest BCUT2D eigenvalue weighted by atomic mass is 10.1. The van der Waals surface area contributed by atoms with E-state index in [1.54, 1.807) is 11.3 Å². The van der Waals surface area contributed by atoms with Gasteiger partial charge in [0, 0.05) is 20.8 Å². The topological polar surface area (TPSA) is 35.2 Å². The molecule has 1 heterocycles. The van der Waals surface area contributed by atoms with E-state index in [1.807, 2.05) is 6.92 Å². The Balaban J connectivity index is 2.55. The van der Waals surface area contributed by atoms with E-state index in [0.717, 1.165) is 11.1 Å². The third-order valence-electron chi connectivity index (χ3n) is 2.69. The van der Waals surface area contributed by atoms with Crippen LogP contribution in [0.2, 0.25) is 0 Å². The minimum Gasteiger partial charge on any atom is -0.371 e. The van der Waals surface area contributed by atoms with Crippen molar-refractivity contribution in [3.8, 4) is 0 Å². The molecule has 0 fully saturated rings. The van der Waals surface area contributed by atoms with Gasteiger partial charge in [-0.25, -0.2) is 0 Å². The largest absolute Gasteiger partial charge is 0.371 e. The molecule has 3 atom stereocenters. The molecule has 0 bridgehead atoms. The molecule has 2 nitrogen and oxygen atoms in total. The summed E-state index contributed by atoms with van der Waals surface area (Å²) < 4.78 is 7.09. The fraction of sp³-hybridized carbons (Fsp3) is 0.692. The fourth-order valence-electron chi connectivity index (χ4n) is 1.81. The first-order valence-electron chi connectivity index (χ1n) is 6.15. The lowest BCUT2D eigenvalue weighted by Gasteiger charge is -2.22. The average molecular weight is 320 g/mol. The average Bonchev–Trinajstić information content (AvgIpc) is 2.65. The minimum absolute atomic E-state index is 0.0191. The van der Waals surface area contributed by atoms with Crippen LogP contribution in [0.5, 0.6) is 0 Å². The highest BCUT2D eigenvalue weighted by molar-refractivity contribution is 9.10. The molecule has 0 amide bonds. The minimum atomic E-state index is 0.0191. The van der Waals surface area contributed by atoms with Crippen molar-refractivity contribution < 1.29 is 4.74 Å². The molecule has 0 aliphatic carbocycles. The number of hydrogen-bond donors (Lipinski definition) is 1. The van der Waals surface area contributed by atoms with Gasteiger partial charge in [-0.1, -0.05) is 20.3 Å². The molecule has 0 saturated carbocycles. The molecule has 1 rings (SSSR count). The summed E-state index contributed by atoms with van der Waals surface area (Å²) in [5.41, 5.74) is 6.00. The molecule has 17 heavy (non-hydrogen) atoms. The number of ether oxygens (including phenoxy) is 1. The maximum Gasteiger partial charge on any atom is 0.106 e. The Bertz CT molecular complexity index is 327. The molecular weight excluding hydrogens is 298 g/mol. The molecule has 0 saturated heterocycles. The summed E-state index contributed by atoms with van der Waals surface area (Å²) in [6, 6.07) is 2.12. The molecule has 2 N–H and O–H groups in total. The first-order chi connectivity index (χ1) is 8.04. The number of thiophene rings is 1. The van der Waals surface area contributed by atoms with Crippen LogP contribution in [0.25, 0.3) is 0 Å². The van der Waals surface area contributed by atoms with E-state index in [-0.39, 0.29) is 12.1 Å². The predicted molar refractivity (Wildman–Crippen MR) is 78.4 cm³/mol. The van der Waals surface area contributed by atoms with Gasteiger partial charge in [0.25, 0.3) is 0 Å². The van der Waals surface area contributed by atoms with Crippen LogP contribution in [0.3, 0.4) is 0 Å². The van der Waals surface area contributed by atoms with Crippen LogP contribution in [-0.2, 0) is 4.74 Å². The maximum atomic E-state index is 6.00. The molecule has 0 aliphatic heterocycles. The van der Waals surface area contributed by atoms with Gasteiger partial charge < -0.3 is 10.5 Å². The molecule has 4 heteroatoms. The Kier molecular flexibility index (Phi) is 6.70. The number of nitrogens with two attached hydrogens (primary N) is 1. The van der Waals surface area contributed by atoms with Crippen molar-refractivity contribution in [2.75, 3.05) is 6.61 Å². The van der Waals surface area contributed by atoms with Crippen molar-refractivity contribution in [3.63, 3.8) is 0 Å². The van der Waals surface area contributed by atoms with Gasteiger partial charge in [-0.05, 0) is 41.3 Å². The first kappa shape index (κ1) is 15.2. The smallest absolute Gasteiger partial charge is 0.106 e. The zero-order chi connectivity index (χ0) is 12.8. The summed E-state index contributed by atoms with van der Waals surface area (Å²) in [7, 11) is 0. The first-order valence-corrected chi connectivity index (χ1v) is 7.83. The standard InChI is InChI=1S/C13H22BrNOS/c1-4-5-9(2)7-16-13(10(3)15)12-6-11(14)8-17-12/h6,8-10,13H,4-5,7,15H2,1-3H3. The highest BCUT2D eigenvalue weighted by Gasteiger charge is 2.19. The Labute approximate surface area is 117 Å². The van der Waals surface area contributed by atoms with Gasteiger partial charge in [-0.15, -0.1) is 11.3 Å². The lowest BCUT2D eigenvalue weighted by molar-refractivity contribution is 0.0194. The number of hydrogen-bond acceptors (Lipinski definition) is 3. The molecule has 1 aromatic heterocycles. The third-order valence-corrected chi connectivity index (χ3v) is 4.44. The Hall–Kier alpha value is 0.1000. The molecule has 0 aliphatic rings. The summed E-state index contributed by atoms with van der Waals surface area (Å²) in [5, 5.41) is 2.07. The quantitative estimate of drug-likeness (QED) is 0.810. The normalized spacial score (nSPS) is 16.8. The zero-order valence-electron chi connectivity index (χ0n) is 10.8. The summed E-state index contributed by atoms with van der Waals surface area (Å²) in [6.07, 6.45) is 2.43. The van der Waals surface area contributed by atoms with Crippen molar-refractivity contribution in [2.45, 2.75) is 45.8 Å². The van der Waals surface area contributed by atoms with E-state index in [1.165, 1.54) is 17.7 Å². The second-order valence-corrected chi connectivity index (χ2v) is 6.53. The Morgan fingerprint density at radius 3 is 2.65 bits per heavy atom. The number of halogens is 1. The highest BCUT2D eigenvalue weighted by Crippen LogP contribution is 2.30. The second kappa shape index (κ2) is 7.52. The van der Waals surface area contributed by atoms with E-state index in [0.29, 0.717) is 5.92 Å². The van der Waals surface area contributed by atoms with Crippen LogP contribution in [-0.4, -0.2) is 12.6 Å². The molecule has 0 spiro atoms. The zero-order valence-corrected chi connectivity index (χ0v) is 13.2. The van der Waals surface area contributed by atoms with Gasteiger partial charge in [0.1, 0.15) is 6.10 Å². The van der Waals surface area contributed by atoms with E-state index in [4.69, 9.17) is 10.5 Å². The monoisotopic (exact) mass is 319 g/mol. The van der Waals surface area contributed by atoms with E-state index in [9.17, 15) is 0 Å². The number of rotatable bonds is 7. The van der Waals surface area contributed by atoms with Crippen LogP contribution >= 0.6 is 27.3 Å². The molecular formula is C13H22BrNOS. The van der Waals surface area contributed by atoms with Gasteiger partial charge >= 0.3 is 0 Å². The highest BCUT2D eigenvalue weighted by atomic mass is 79.9. The van der Waals surface area contributed by atoms with Crippen LogP contribution in [0.15, 0.2) is 15.9 Å². The van der Waals surface area contributed by atoms with Crippen molar-refractivity contribution in [1.82, 2.24) is 0 Å². The summed E-state index contributed by atoms with van der Waals surface area (Å²) in [4.78, 5) is 1.20. The van der Waals surface area contributed by atoms with Crippen molar-refractivity contribution in [2.24, 2.45) is 11.7 Å². The molecule has 1 aromatic rings. The van der Waals surface area contributed by atoms with Crippen LogP contribution in [0.1, 0.15) is 44.6 Å².